The molecule has 4 fully saturated rings. The van der Waals surface area contributed by atoms with E-state index in [9.17, 15) is 17.6 Å². The summed E-state index contributed by atoms with van der Waals surface area (Å²) >= 11 is 0. The van der Waals surface area contributed by atoms with E-state index in [1.165, 1.54) is 0 Å². The fourth-order valence-electron chi connectivity index (χ4n) is 4.94. The van der Waals surface area contributed by atoms with Crippen LogP contribution in [-0.2, 0) is 0 Å². The van der Waals surface area contributed by atoms with Crippen molar-refractivity contribution in [3.8, 4) is 0 Å². The number of hydrogen-bond donors (Lipinski definition) is 0. The van der Waals surface area contributed by atoms with Gasteiger partial charge in [-0.15, -0.1) is 0 Å². The van der Waals surface area contributed by atoms with Gasteiger partial charge in [0, 0.05) is 24.2 Å². The van der Waals surface area contributed by atoms with Gasteiger partial charge in [0.1, 0.15) is 0 Å². The molecule has 4 aliphatic carbocycles. The van der Waals surface area contributed by atoms with E-state index in [2.05, 4.69) is 6.92 Å². The fraction of sp³-hybridized carbons (Fsp3) is 1.00. The fourth-order valence-corrected chi connectivity index (χ4v) is 4.94. The summed E-state index contributed by atoms with van der Waals surface area (Å²) in [5.41, 5.74) is -0.476. The molecule has 0 radical (unpaired) electrons. The van der Waals surface area contributed by atoms with Gasteiger partial charge in [0.15, 0.2) is 0 Å². The molecule has 4 saturated carbocycles. The second-order valence-corrected chi connectivity index (χ2v) is 7.71. The number of hydrogen-bond acceptors (Lipinski definition) is 0. The molecule has 0 aromatic rings. The minimum atomic E-state index is -2.31. The molecule has 138 valence electrons. The molecule has 0 bridgehead atoms. The van der Waals surface area contributed by atoms with E-state index in [0.717, 1.165) is 32.1 Å². The van der Waals surface area contributed by atoms with E-state index in [0.29, 0.717) is 5.92 Å². The molecule has 0 heterocycles. The lowest BCUT2D eigenvalue weighted by Crippen LogP contribution is -2.52. The summed E-state index contributed by atoms with van der Waals surface area (Å²) in [5, 5.41) is 0. The van der Waals surface area contributed by atoms with E-state index < -0.39 is 17.3 Å². The predicted molar refractivity (Wildman–Crippen MR) is 88.1 cm³/mol. The molecule has 0 aliphatic heterocycles. The van der Waals surface area contributed by atoms with Gasteiger partial charge in [-0.1, -0.05) is 48.0 Å². The van der Waals surface area contributed by atoms with Gasteiger partial charge in [-0.05, 0) is 37.0 Å². The standard InChI is InChI=1S/C8H12F2.C7H10F2.2C2H6/c1-6-2-7(3-6)4-8(9,10)5-7;1-6-4-2-3-5(6)7(6,8)9;2*1-2/h6H,2-5H2,1H3;5H,2-4H2,1H3;2*1-2H3. The Hall–Kier alpha value is -0.280. The van der Waals surface area contributed by atoms with Crippen LogP contribution < -0.4 is 0 Å². The van der Waals surface area contributed by atoms with Crippen molar-refractivity contribution in [2.45, 2.75) is 98.3 Å². The number of halogens is 4. The van der Waals surface area contributed by atoms with Crippen LogP contribution in [0.25, 0.3) is 0 Å². The SMILES string of the molecule is CC.CC.CC12CCCC1C2(F)F.CC1CC2(C1)CC(F)(F)C2. The maximum atomic E-state index is 12.6. The lowest BCUT2D eigenvalue weighted by molar-refractivity contribution is -0.204. The zero-order valence-corrected chi connectivity index (χ0v) is 15.6. The van der Waals surface area contributed by atoms with E-state index in [1.807, 2.05) is 27.7 Å². The minimum absolute atomic E-state index is 0.100. The van der Waals surface area contributed by atoms with Crippen molar-refractivity contribution < 1.29 is 17.6 Å². The average Bonchev–Trinajstić information content (AvgIpc) is 2.76. The largest absolute Gasteiger partial charge is 0.257 e. The summed E-state index contributed by atoms with van der Waals surface area (Å²) in [7, 11) is 0. The van der Waals surface area contributed by atoms with Gasteiger partial charge in [0.2, 0.25) is 5.92 Å². The lowest BCUT2D eigenvalue weighted by atomic mass is 9.51. The first-order valence-corrected chi connectivity index (χ1v) is 9.36. The zero-order valence-electron chi connectivity index (χ0n) is 15.6. The van der Waals surface area contributed by atoms with Crippen molar-refractivity contribution in [3.05, 3.63) is 0 Å². The van der Waals surface area contributed by atoms with Crippen molar-refractivity contribution in [3.63, 3.8) is 0 Å². The van der Waals surface area contributed by atoms with Crippen molar-refractivity contribution in [2.24, 2.45) is 22.7 Å². The minimum Gasteiger partial charge on any atom is -0.207 e. The topological polar surface area (TPSA) is 0 Å². The molecule has 1 spiro atoms. The van der Waals surface area contributed by atoms with Crippen LogP contribution in [0.3, 0.4) is 0 Å². The highest BCUT2D eigenvalue weighted by Crippen LogP contribution is 2.73. The van der Waals surface area contributed by atoms with Gasteiger partial charge in [-0.2, -0.15) is 0 Å². The van der Waals surface area contributed by atoms with Gasteiger partial charge >= 0.3 is 0 Å². The van der Waals surface area contributed by atoms with Crippen LogP contribution in [-0.4, -0.2) is 11.8 Å². The Kier molecular flexibility index (Phi) is 6.24. The van der Waals surface area contributed by atoms with E-state index in [-0.39, 0.29) is 24.2 Å². The third-order valence-electron chi connectivity index (χ3n) is 5.90. The first-order valence-electron chi connectivity index (χ1n) is 9.36. The quantitative estimate of drug-likeness (QED) is 0.406. The Balaban J connectivity index is 0.000000190. The second kappa shape index (κ2) is 6.92. The van der Waals surface area contributed by atoms with E-state index >= 15 is 0 Å². The van der Waals surface area contributed by atoms with E-state index in [4.69, 9.17) is 0 Å². The maximum absolute atomic E-state index is 12.6. The monoisotopic (exact) mass is 338 g/mol. The smallest absolute Gasteiger partial charge is 0.207 e. The molecular formula is C19H34F4. The summed E-state index contributed by atoms with van der Waals surface area (Å²) in [4.78, 5) is 0. The van der Waals surface area contributed by atoms with Crippen molar-refractivity contribution in [2.75, 3.05) is 0 Å². The molecule has 0 amide bonds. The molecule has 23 heavy (non-hydrogen) atoms. The van der Waals surface area contributed by atoms with Gasteiger partial charge < -0.3 is 0 Å². The normalized spacial score (nSPS) is 36.5. The summed E-state index contributed by atoms with van der Waals surface area (Å²) in [6.07, 6.45) is 4.94. The molecular weight excluding hydrogens is 304 g/mol. The van der Waals surface area contributed by atoms with Gasteiger partial charge in [0.05, 0.1) is 0 Å². The molecule has 0 aromatic heterocycles. The van der Waals surface area contributed by atoms with Crippen LogP contribution >= 0.6 is 0 Å². The molecule has 4 aliphatic rings. The molecule has 0 aromatic carbocycles. The number of rotatable bonds is 0. The average molecular weight is 338 g/mol. The van der Waals surface area contributed by atoms with Crippen LogP contribution in [0.2, 0.25) is 0 Å². The predicted octanol–water partition coefficient (Wildman–Crippen LogP) is 7.33. The molecule has 0 saturated heterocycles. The van der Waals surface area contributed by atoms with E-state index in [1.54, 1.807) is 6.92 Å². The van der Waals surface area contributed by atoms with Crippen LogP contribution in [0.4, 0.5) is 17.6 Å². The summed E-state index contributed by atoms with van der Waals surface area (Å²) in [5.74, 6) is -4.16. The third-order valence-corrected chi connectivity index (χ3v) is 5.90. The van der Waals surface area contributed by atoms with Gasteiger partial charge in [0.25, 0.3) is 5.92 Å². The van der Waals surface area contributed by atoms with Crippen LogP contribution in [0.15, 0.2) is 0 Å². The Morgan fingerprint density at radius 1 is 0.870 bits per heavy atom. The molecule has 0 N–H and O–H groups in total. The lowest BCUT2D eigenvalue weighted by Gasteiger charge is -2.56. The molecule has 2 atom stereocenters. The Morgan fingerprint density at radius 3 is 1.57 bits per heavy atom. The zero-order chi connectivity index (χ0) is 18.1. The first-order chi connectivity index (χ1) is 10.6. The van der Waals surface area contributed by atoms with Crippen molar-refractivity contribution >= 4 is 0 Å². The summed E-state index contributed by atoms with van der Waals surface area (Å²) < 4.78 is 50.0. The number of alkyl halides is 4. The Morgan fingerprint density at radius 2 is 1.35 bits per heavy atom. The number of fused-ring (bicyclic) bond motifs is 1. The highest BCUT2D eigenvalue weighted by atomic mass is 19.3. The molecule has 0 nitrogen and oxygen atoms in total. The maximum Gasteiger partial charge on any atom is 0.257 e. The second-order valence-electron chi connectivity index (χ2n) is 7.71. The molecule has 2 unspecified atom stereocenters. The van der Waals surface area contributed by atoms with Gasteiger partial charge in [-0.3, -0.25) is 0 Å². The van der Waals surface area contributed by atoms with Crippen LogP contribution in [0.1, 0.15) is 86.5 Å². The van der Waals surface area contributed by atoms with Crippen LogP contribution in [0.5, 0.6) is 0 Å². The Labute approximate surface area is 139 Å². The van der Waals surface area contributed by atoms with Gasteiger partial charge in [-0.25, -0.2) is 17.6 Å². The molecule has 4 heteroatoms. The molecule has 4 rings (SSSR count). The summed E-state index contributed by atoms with van der Waals surface area (Å²) in [6.45, 7) is 11.9. The Bertz CT molecular complexity index is 375. The van der Waals surface area contributed by atoms with Crippen molar-refractivity contribution in [1.29, 1.82) is 0 Å². The first kappa shape index (κ1) is 20.8. The third kappa shape index (κ3) is 3.71. The van der Waals surface area contributed by atoms with Crippen LogP contribution in [0, 0.1) is 22.7 Å². The highest BCUT2D eigenvalue weighted by Gasteiger charge is 2.78. The summed E-state index contributed by atoms with van der Waals surface area (Å²) in [6, 6.07) is 0. The highest BCUT2D eigenvalue weighted by molar-refractivity contribution is 5.18. The van der Waals surface area contributed by atoms with Crippen molar-refractivity contribution in [1.82, 2.24) is 0 Å².